The summed E-state index contributed by atoms with van der Waals surface area (Å²) in [5.74, 6) is 0.0437. The number of imidazole rings is 1. The van der Waals surface area contributed by atoms with E-state index in [1.165, 1.54) is 24.3 Å². The van der Waals surface area contributed by atoms with Crippen molar-refractivity contribution < 1.29 is 18.4 Å². The first kappa shape index (κ1) is 23.9. The molecular formula is C26H30F2N4O2. The number of rotatable bonds is 7. The van der Waals surface area contributed by atoms with Crippen LogP contribution < -0.4 is 5.32 Å². The number of carbonyl (C=O) groups is 2. The molecule has 1 fully saturated rings. The van der Waals surface area contributed by atoms with Crippen molar-refractivity contribution in [2.24, 2.45) is 5.41 Å². The number of carbonyl (C=O) groups excluding carboxylic acids is 2. The van der Waals surface area contributed by atoms with Crippen LogP contribution in [0.4, 0.5) is 14.7 Å². The highest BCUT2D eigenvalue weighted by Crippen LogP contribution is 2.43. The molecule has 1 aromatic heterocycles. The van der Waals surface area contributed by atoms with E-state index in [-0.39, 0.29) is 23.0 Å². The van der Waals surface area contributed by atoms with Crippen LogP contribution in [0, 0.1) is 5.41 Å². The molecule has 1 saturated heterocycles. The van der Waals surface area contributed by atoms with Crippen molar-refractivity contribution >= 4 is 28.8 Å². The largest absolute Gasteiger partial charge is 0.345 e. The molecule has 1 aliphatic heterocycles. The summed E-state index contributed by atoms with van der Waals surface area (Å²) < 4.78 is 28.1. The highest BCUT2D eigenvalue weighted by Gasteiger charge is 2.46. The van der Waals surface area contributed by atoms with E-state index >= 15 is 0 Å². The molecule has 1 atom stereocenters. The van der Waals surface area contributed by atoms with E-state index < -0.39 is 17.7 Å². The Morgan fingerprint density at radius 2 is 2.00 bits per heavy atom. The number of aromatic nitrogens is 2. The summed E-state index contributed by atoms with van der Waals surface area (Å²) in [5.41, 5.74) is 2.07. The van der Waals surface area contributed by atoms with E-state index in [2.05, 4.69) is 12.2 Å². The number of likely N-dealkylation sites (N-methyl/N-ethyl adjacent to an activating group) is 1. The minimum atomic E-state index is -2.65. The summed E-state index contributed by atoms with van der Waals surface area (Å²) in [5, 5.41) is 2.82. The summed E-state index contributed by atoms with van der Waals surface area (Å²) in [4.78, 5) is 31.9. The Morgan fingerprint density at radius 3 is 2.65 bits per heavy atom. The monoisotopic (exact) mass is 468 g/mol. The van der Waals surface area contributed by atoms with Crippen LogP contribution in [0.1, 0.15) is 67.4 Å². The van der Waals surface area contributed by atoms with Crippen LogP contribution in [0.25, 0.3) is 11.0 Å². The van der Waals surface area contributed by atoms with E-state index in [9.17, 15) is 18.4 Å². The zero-order chi connectivity index (χ0) is 24.6. The predicted molar refractivity (Wildman–Crippen MR) is 128 cm³/mol. The van der Waals surface area contributed by atoms with Gasteiger partial charge in [-0.25, -0.2) is 13.8 Å². The zero-order valence-electron chi connectivity index (χ0n) is 19.9. The lowest BCUT2D eigenvalue weighted by Crippen LogP contribution is -2.28. The van der Waals surface area contributed by atoms with Gasteiger partial charge in [0.15, 0.2) is 0 Å². The van der Waals surface area contributed by atoms with Crippen LogP contribution in [0.3, 0.4) is 0 Å². The molecule has 0 bridgehead atoms. The van der Waals surface area contributed by atoms with Gasteiger partial charge in [0, 0.05) is 37.2 Å². The number of aryl methyl sites for hydroxylation is 1. The van der Waals surface area contributed by atoms with Gasteiger partial charge in [-0.15, -0.1) is 0 Å². The molecule has 0 radical (unpaired) electrons. The predicted octanol–water partition coefficient (Wildman–Crippen LogP) is 5.61. The zero-order valence-corrected chi connectivity index (χ0v) is 19.9. The molecule has 2 amide bonds. The molecule has 2 heterocycles. The van der Waals surface area contributed by atoms with Gasteiger partial charge in [0.1, 0.15) is 0 Å². The van der Waals surface area contributed by atoms with Crippen LogP contribution in [-0.4, -0.2) is 39.9 Å². The lowest BCUT2D eigenvalue weighted by atomic mass is 9.77. The maximum absolute atomic E-state index is 13.1. The van der Waals surface area contributed by atoms with Crippen molar-refractivity contribution in [3.63, 3.8) is 0 Å². The number of amides is 2. The topological polar surface area (TPSA) is 67.2 Å². The molecule has 180 valence electrons. The normalized spacial score (nSPS) is 17.7. The van der Waals surface area contributed by atoms with Crippen molar-refractivity contribution in [1.82, 2.24) is 14.5 Å². The number of unbranched alkanes of at least 4 members (excludes halogenated alkanes) is 1. The molecule has 6 nitrogen and oxygen atoms in total. The number of benzene rings is 2. The van der Waals surface area contributed by atoms with Gasteiger partial charge in [0.2, 0.25) is 11.9 Å². The number of hydrogen-bond donors (Lipinski definition) is 1. The molecular weight excluding hydrogens is 438 g/mol. The highest BCUT2D eigenvalue weighted by atomic mass is 19.3. The molecule has 3 aromatic rings. The van der Waals surface area contributed by atoms with E-state index in [1.54, 1.807) is 4.90 Å². The second kappa shape index (κ2) is 9.16. The first-order valence-electron chi connectivity index (χ1n) is 11.6. The minimum Gasteiger partial charge on any atom is -0.345 e. The Hall–Kier alpha value is -3.29. The average Bonchev–Trinajstić information content (AvgIpc) is 3.25. The molecule has 0 aliphatic carbocycles. The standard InChI is InChI=1S/C26H30F2N4O2/c1-5-6-12-32-21-11-10-16(19-15-31(4)24(34)26(19,2)3)14-20(21)29-25(32)30-23(33)18-9-7-8-17(13-18)22(27)28/h7-11,13-14,19,22H,5-6,12,15H2,1-4H3,(H,29,30,33). The van der Waals surface area contributed by atoms with Gasteiger partial charge >= 0.3 is 0 Å². The Morgan fingerprint density at radius 1 is 1.24 bits per heavy atom. The lowest BCUT2D eigenvalue weighted by Gasteiger charge is -2.23. The summed E-state index contributed by atoms with van der Waals surface area (Å²) in [7, 11) is 1.82. The number of fused-ring (bicyclic) bond motifs is 1. The van der Waals surface area contributed by atoms with Gasteiger partial charge in [0.05, 0.1) is 16.4 Å². The Kier molecular flexibility index (Phi) is 6.43. The van der Waals surface area contributed by atoms with Gasteiger partial charge in [-0.1, -0.05) is 45.4 Å². The molecule has 0 saturated carbocycles. The minimum absolute atomic E-state index is 0.0327. The van der Waals surface area contributed by atoms with Gasteiger partial charge in [-0.05, 0) is 36.2 Å². The number of hydrogen-bond acceptors (Lipinski definition) is 3. The smallest absolute Gasteiger partial charge is 0.263 e. The number of alkyl halides is 2. The van der Waals surface area contributed by atoms with E-state index in [1.807, 2.05) is 43.7 Å². The Bertz CT molecular complexity index is 1230. The third-order valence-electron chi connectivity index (χ3n) is 6.76. The number of halogens is 2. The molecule has 1 unspecified atom stereocenters. The summed E-state index contributed by atoms with van der Waals surface area (Å²) in [6.45, 7) is 7.31. The molecule has 1 aliphatic rings. The summed E-state index contributed by atoms with van der Waals surface area (Å²) >= 11 is 0. The van der Waals surface area contributed by atoms with E-state index in [4.69, 9.17) is 4.98 Å². The first-order valence-corrected chi connectivity index (χ1v) is 11.6. The van der Waals surface area contributed by atoms with E-state index in [0.29, 0.717) is 19.0 Å². The number of anilines is 1. The lowest BCUT2D eigenvalue weighted by molar-refractivity contribution is -0.133. The number of nitrogens with one attached hydrogen (secondary N) is 1. The second-order valence-corrected chi connectivity index (χ2v) is 9.53. The molecule has 0 spiro atoms. The maximum atomic E-state index is 13.1. The fourth-order valence-corrected chi connectivity index (χ4v) is 4.74. The Balaban J connectivity index is 1.69. The quantitative estimate of drug-likeness (QED) is 0.490. The van der Waals surface area contributed by atoms with Crippen LogP contribution >= 0.6 is 0 Å². The van der Waals surface area contributed by atoms with E-state index in [0.717, 1.165) is 29.4 Å². The first-order chi connectivity index (χ1) is 16.1. The van der Waals surface area contributed by atoms with Crippen molar-refractivity contribution in [3.05, 3.63) is 59.2 Å². The second-order valence-electron chi connectivity index (χ2n) is 9.53. The van der Waals surface area contributed by atoms with Crippen molar-refractivity contribution in [2.45, 2.75) is 52.5 Å². The number of likely N-dealkylation sites (tertiary alicyclic amines) is 1. The molecule has 2 aromatic carbocycles. The van der Waals surface area contributed by atoms with Gasteiger partial charge in [0.25, 0.3) is 12.3 Å². The van der Waals surface area contributed by atoms with Crippen LogP contribution in [0.15, 0.2) is 42.5 Å². The fourth-order valence-electron chi connectivity index (χ4n) is 4.74. The molecule has 8 heteroatoms. The average molecular weight is 469 g/mol. The summed E-state index contributed by atoms with van der Waals surface area (Å²) in [6, 6.07) is 11.5. The van der Waals surface area contributed by atoms with Crippen LogP contribution in [0.5, 0.6) is 0 Å². The van der Waals surface area contributed by atoms with Crippen molar-refractivity contribution in [2.75, 3.05) is 18.9 Å². The third kappa shape index (κ3) is 4.29. The maximum Gasteiger partial charge on any atom is 0.263 e. The third-order valence-corrected chi connectivity index (χ3v) is 6.76. The Labute approximate surface area is 198 Å². The van der Waals surface area contributed by atoms with Gasteiger partial charge < -0.3 is 9.47 Å². The molecule has 4 rings (SSSR count). The van der Waals surface area contributed by atoms with Gasteiger partial charge in [-0.2, -0.15) is 0 Å². The van der Waals surface area contributed by atoms with Crippen LogP contribution in [-0.2, 0) is 11.3 Å². The molecule has 1 N–H and O–H groups in total. The molecule has 34 heavy (non-hydrogen) atoms. The number of nitrogens with zero attached hydrogens (tertiary/aromatic N) is 3. The summed E-state index contributed by atoms with van der Waals surface area (Å²) in [6.07, 6.45) is -0.788. The highest BCUT2D eigenvalue weighted by molar-refractivity contribution is 6.04. The SMILES string of the molecule is CCCCn1c(NC(=O)c2cccc(C(F)F)c2)nc2cc(C3CN(C)C(=O)C3(C)C)ccc21. The van der Waals surface area contributed by atoms with Crippen molar-refractivity contribution in [1.29, 1.82) is 0 Å². The van der Waals surface area contributed by atoms with Gasteiger partial charge in [-0.3, -0.25) is 14.9 Å². The van der Waals surface area contributed by atoms with Crippen LogP contribution in [0.2, 0.25) is 0 Å². The van der Waals surface area contributed by atoms with Crippen molar-refractivity contribution in [3.8, 4) is 0 Å². The fraction of sp³-hybridized carbons (Fsp3) is 0.423.